The van der Waals surface area contributed by atoms with Crippen LogP contribution in [-0.4, -0.2) is 74.5 Å². The highest BCUT2D eigenvalue weighted by Crippen LogP contribution is 2.34. The van der Waals surface area contributed by atoms with Crippen molar-refractivity contribution in [2.24, 2.45) is 5.92 Å². The van der Waals surface area contributed by atoms with Crippen LogP contribution in [0.2, 0.25) is 0 Å². The summed E-state index contributed by atoms with van der Waals surface area (Å²) in [6, 6.07) is 13.8. The zero-order chi connectivity index (χ0) is 27.0. The third-order valence-electron chi connectivity index (χ3n) is 6.58. The lowest BCUT2D eigenvalue weighted by Crippen LogP contribution is -2.54. The van der Waals surface area contributed by atoms with Crippen LogP contribution in [-0.2, 0) is 26.2 Å². The van der Waals surface area contributed by atoms with Crippen LogP contribution in [0.5, 0.6) is 5.75 Å². The van der Waals surface area contributed by atoms with Crippen molar-refractivity contribution in [2.45, 2.75) is 49.2 Å². The topological polar surface area (TPSA) is 128 Å². The molecule has 0 aromatic heterocycles. The van der Waals surface area contributed by atoms with Gasteiger partial charge in [-0.15, -0.1) is 0 Å². The Kier molecular flexibility index (Phi) is 10.0. The zero-order valence-corrected chi connectivity index (χ0v) is 22.3. The Morgan fingerprint density at radius 2 is 1.65 bits per heavy atom. The number of nitrogens with zero attached hydrogens (tertiary/aromatic N) is 2. The quantitative estimate of drug-likeness (QED) is 0.298. The molecule has 3 N–H and O–H groups in total. The summed E-state index contributed by atoms with van der Waals surface area (Å²) in [5.74, 6) is -0.710. The van der Waals surface area contributed by atoms with Crippen LogP contribution in [0, 0.1) is 5.92 Å². The van der Waals surface area contributed by atoms with E-state index >= 15 is 0 Å². The van der Waals surface area contributed by atoms with Gasteiger partial charge in [0.05, 0.1) is 18.6 Å². The summed E-state index contributed by atoms with van der Waals surface area (Å²) in [6.45, 7) is 0.229. The molecule has 0 aliphatic heterocycles. The van der Waals surface area contributed by atoms with Crippen LogP contribution >= 0.6 is 0 Å². The molecule has 0 spiro atoms. The van der Waals surface area contributed by atoms with Crippen molar-refractivity contribution in [1.29, 1.82) is 0 Å². The van der Waals surface area contributed by atoms with Crippen LogP contribution in [0.3, 0.4) is 0 Å². The lowest BCUT2D eigenvalue weighted by molar-refractivity contribution is -0.136. The maximum Gasteiger partial charge on any atom is 0.262 e. The molecule has 1 unspecified atom stereocenters. The minimum Gasteiger partial charge on any atom is -0.497 e. The SMILES string of the molecule is COc1ccc(S(=O)(=O)N(Cc2ccccc2)C(C(=O)NO)C2CCC(NC(=O)CN(C)C)CC2)cc1. The first-order valence-corrected chi connectivity index (χ1v) is 13.7. The lowest BCUT2D eigenvalue weighted by atomic mass is 9.81. The first kappa shape index (κ1) is 28.6. The van der Waals surface area contributed by atoms with Crippen molar-refractivity contribution in [3.8, 4) is 5.75 Å². The molecular formula is C26H36N4O6S. The average molecular weight is 533 g/mol. The number of likely N-dealkylation sites (N-methyl/N-ethyl adjacent to an activating group) is 1. The van der Waals surface area contributed by atoms with Crippen molar-refractivity contribution < 1.29 is 28.0 Å². The third-order valence-corrected chi connectivity index (χ3v) is 8.42. The Balaban J connectivity index is 1.90. The van der Waals surface area contributed by atoms with Gasteiger partial charge in [0.25, 0.3) is 5.91 Å². The Bertz CT molecular complexity index is 1130. The van der Waals surface area contributed by atoms with Gasteiger partial charge in [-0.2, -0.15) is 4.31 Å². The van der Waals surface area contributed by atoms with Crippen LogP contribution < -0.4 is 15.5 Å². The second-order valence-corrected chi connectivity index (χ2v) is 11.4. The number of carbonyl (C=O) groups excluding carboxylic acids is 2. The fraction of sp³-hybridized carbons (Fsp3) is 0.462. The molecule has 2 aromatic carbocycles. The molecule has 1 aliphatic carbocycles. The van der Waals surface area contributed by atoms with Gasteiger partial charge >= 0.3 is 0 Å². The van der Waals surface area contributed by atoms with E-state index in [0.717, 1.165) is 0 Å². The van der Waals surface area contributed by atoms with E-state index in [4.69, 9.17) is 4.74 Å². The number of nitrogens with one attached hydrogen (secondary N) is 2. The molecule has 3 rings (SSSR count). The van der Waals surface area contributed by atoms with Crippen LogP contribution in [0.15, 0.2) is 59.5 Å². The van der Waals surface area contributed by atoms with Gasteiger partial charge < -0.3 is 15.0 Å². The number of ether oxygens (including phenoxy) is 1. The van der Waals surface area contributed by atoms with E-state index in [0.29, 0.717) is 37.0 Å². The van der Waals surface area contributed by atoms with Crippen molar-refractivity contribution in [1.82, 2.24) is 20.0 Å². The molecule has 0 radical (unpaired) electrons. The van der Waals surface area contributed by atoms with E-state index in [1.54, 1.807) is 46.8 Å². The standard InChI is InChI=1S/C26H36N4O6S/c1-29(2)18-24(31)27-21-11-9-20(10-12-21)25(26(32)28-33)30(17-19-7-5-4-6-8-19)37(34,35)23-15-13-22(36-3)14-16-23/h4-8,13-16,20-21,25,33H,9-12,17-18H2,1-3H3,(H,27,31)(H,28,32). The highest BCUT2D eigenvalue weighted by atomic mass is 32.2. The molecule has 2 amide bonds. The molecule has 10 nitrogen and oxygen atoms in total. The molecular weight excluding hydrogens is 496 g/mol. The van der Waals surface area contributed by atoms with Crippen LogP contribution in [0.4, 0.5) is 0 Å². The van der Waals surface area contributed by atoms with Gasteiger partial charge in [0.15, 0.2) is 0 Å². The van der Waals surface area contributed by atoms with E-state index in [2.05, 4.69) is 5.32 Å². The first-order valence-electron chi connectivity index (χ1n) is 12.2. The Morgan fingerprint density at radius 1 is 1.03 bits per heavy atom. The average Bonchev–Trinajstić information content (AvgIpc) is 2.89. The Labute approximate surface area is 218 Å². The minimum atomic E-state index is -4.14. The Morgan fingerprint density at radius 3 is 2.19 bits per heavy atom. The number of hydrogen-bond acceptors (Lipinski definition) is 7. The normalized spacial score (nSPS) is 18.9. The molecule has 1 atom stereocenters. The fourth-order valence-corrected chi connectivity index (χ4v) is 6.40. The number of carbonyl (C=O) groups is 2. The molecule has 11 heteroatoms. The number of rotatable bonds is 11. The summed E-state index contributed by atoms with van der Waals surface area (Å²) >= 11 is 0. The van der Waals surface area contributed by atoms with Crippen molar-refractivity contribution >= 4 is 21.8 Å². The number of sulfonamides is 1. The van der Waals surface area contributed by atoms with Gasteiger partial charge in [-0.1, -0.05) is 30.3 Å². The predicted octanol–water partition coefficient (Wildman–Crippen LogP) is 2.00. The lowest BCUT2D eigenvalue weighted by Gasteiger charge is -2.38. The monoisotopic (exact) mass is 532 g/mol. The molecule has 0 heterocycles. The smallest absolute Gasteiger partial charge is 0.262 e. The largest absolute Gasteiger partial charge is 0.497 e. The van der Waals surface area contributed by atoms with Gasteiger partial charge in [-0.25, -0.2) is 13.9 Å². The summed E-state index contributed by atoms with van der Waals surface area (Å²) in [5.41, 5.74) is 2.40. The van der Waals surface area contributed by atoms with Gasteiger partial charge in [-0.3, -0.25) is 14.8 Å². The highest BCUT2D eigenvalue weighted by Gasteiger charge is 2.42. The molecule has 1 saturated carbocycles. The zero-order valence-electron chi connectivity index (χ0n) is 21.5. The van der Waals surface area contributed by atoms with Gasteiger partial charge in [0.1, 0.15) is 11.8 Å². The van der Waals surface area contributed by atoms with Crippen LogP contribution in [0.1, 0.15) is 31.2 Å². The molecule has 202 valence electrons. The fourth-order valence-electron chi connectivity index (χ4n) is 4.77. The molecule has 1 fully saturated rings. The van der Waals surface area contributed by atoms with Crippen molar-refractivity contribution in [3.05, 3.63) is 60.2 Å². The summed E-state index contributed by atoms with van der Waals surface area (Å²) in [7, 11) is 0.986. The summed E-state index contributed by atoms with van der Waals surface area (Å²) in [6.07, 6.45) is 2.21. The van der Waals surface area contributed by atoms with E-state index in [-0.39, 0.29) is 35.9 Å². The predicted molar refractivity (Wildman–Crippen MR) is 138 cm³/mol. The summed E-state index contributed by atoms with van der Waals surface area (Å²) in [4.78, 5) is 27.0. The maximum absolute atomic E-state index is 13.9. The van der Waals surface area contributed by atoms with Crippen LogP contribution in [0.25, 0.3) is 0 Å². The number of methoxy groups -OCH3 is 1. The summed E-state index contributed by atoms with van der Waals surface area (Å²) in [5, 5.41) is 12.6. The minimum absolute atomic E-state index is 0.0182. The molecule has 0 bridgehead atoms. The maximum atomic E-state index is 13.9. The molecule has 1 aliphatic rings. The molecule has 37 heavy (non-hydrogen) atoms. The highest BCUT2D eigenvalue weighted by molar-refractivity contribution is 7.89. The van der Waals surface area contributed by atoms with E-state index in [1.807, 2.05) is 20.2 Å². The van der Waals surface area contributed by atoms with Crippen molar-refractivity contribution in [3.63, 3.8) is 0 Å². The summed E-state index contributed by atoms with van der Waals surface area (Å²) < 4.78 is 34.2. The second kappa shape index (κ2) is 13.0. The first-order chi connectivity index (χ1) is 17.6. The third kappa shape index (κ3) is 7.51. The number of hydroxylamine groups is 1. The van der Waals surface area contributed by atoms with Gasteiger partial charge in [-0.05, 0) is 75.5 Å². The van der Waals surface area contributed by atoms with E-state index in [9.17, 15) is 23.2 Å². The Hall–Kier alpha value is -2.99. The molecule has 0 saturated heterocycles. The van der Waals surface area contributed by atoms with Crippen molar-refractivity contribution in [2.75, 3.05) is 27.7 Å². The number of amides is 2. The van der Waals surface area contributed by atoms with Gasteiger partial charge in [0.2, 0.25) is 15.9 Å². The van der Waals surface area contributed by atoms with E-state index < -0.39 is 22.0 Å². The number of benzene rings is 2. The van der Waals surface area contributed by atoms with Gasteiger partial charge in [0, 0.05) is 12.6 Å². The second-order valence-electron chi connectivity index (χ2n) is 9.55. The van der Waals surface area contributed by atoms with E-state index in [1.165, 1.54) is 23.5 Å². The number of hydrogen-bond donors (Lipinski definition) is 3. The molecule has 2 aromatic rings.